The first-order chi connectivity index (χ1) is 8.04. The molecule has 17 heavy (non-hydrogen) atoms. The molecule has 0 aliphatic rings. The third kappa shape index (κ3) is 2.08. The maximum absolute atomic E-state index is 11.1. The summed E-state index contributed by atoms with van der Waals surface area (Å²) in [7, 11) is 0. The first kappa shape index (κ1) is 12.1. The molecule has 0 radical (unpaired) electrons. The lowest BCUT2D eigenvalue weighted by Crippen LogP contribution is -2.19. The van der Waals surface area contributed by atoms with Gasteiger partial charge in [-0.3, -0.25) is 0 Å². The molecule has 1 aromatic heterocycles. The highest BCUT2D eigenvalue weighted by Crippen LogP contribution is 2.28. The van der Waals surface area contributed by atoms with Crippen molar-refractivity contribution in [2.75, 3.05) is 0 Å². The molecule has 2 aromatic rings. The van der Waals surface area contributed by atoms with Crippen molar-refractivity contribution in [2.45, 2.75) is 19.4 Å². The molecule has 1 atom stereocenters. The van der Waals surface area contributed by atoms with Gasteiger partial charge in [-0.05, 0) is 18.6 Å². The quantitative estimate of drug-likeness (QED) is 0.934. The van der Waals surface area contributed by atoms with Crippen molar-refractivity contribution in [3.8, 4) is 0 Å². The second-order valence-electron chi connectivity index (χ2n) is 3.55. The van der Waals surface area contributed by atoms with E-state index in [1.54, 1.807) is 19.1 Å². The molecule has 1 unspecified atom stereocenters. The summed E-state index contributed by atoms with van der Waals surface area (Å²) in [5.74, 6) is -0.953. The van der Waals surface area contributed by atoms with Gasteiger partial charge in [-0.15, -0.1) is 5.10 Å². The maximum atomic E-state index is 11.1. The molecule has 2 rings (SSSR count). The first-order valence-corrected chi connectivity index (χ1v) is 5.73. The van der Waals surface area contributed by atoms with Gasteiger partial charge in [0.2, 0.25) is 0 Å². The van der Waals surface area contributed by atoms with Crippen molar-refractivity contribution >= 4 is 40.2 Å². The third-order valence-electron chi connectivity index (χ3n) is 2.48. The standard InChI is InChI=1S/C10H9Cl2N3O2/c1-2-8(10(16)17)15-9-4-6(12)5(11)3-7(9)13-14-15/h3-4,8H,2H2,1H3,(H,16,17). The normalized spacial score (nSPS) is 12.9. The van der Waals surface area contributed by atoms with E-state index in [0.29, 0.717) is 27.5 Å². The summed E-state index contributed by atoms with van der Waals surface area (Å²) in [5.41, 5.74) is 1.09. The van der Waals surface area contributed by atoms with Crippen molar-refractivity contribution in [3.05, 3.63) is 22.2 Å². The first-order valence-electron chi connectivity index (χ1n) is 4.97. The molecular weight excluding hydrogens is 265 g/mol. The van der Waals surface area contributed by atoms with Crippen LogP contribution in [0.5, 0.6) is 0 Å². The molecule has 90 valence electrons. The zero-order valence-electron chi connectivity index (χ0n) is 8.89. The SMILES string of the molecule is CCC(C(=O)O)n1nnc2cc(Cl)c(Cl)cc21. The largest absolute Gasteiger partial charge is 0.480 e. The van der Waals surface area contributed by atoms with E-state index in [9.17, 15) is 4.79 Å². The summed E-state index contributed by atoms with van der Waals surface area (Å²) >= 11 is 11.7. The summed E-state index contributed by atoms with van der Waals surface area (Å²) in [6.45, 7) is 1.77. The van der Waals surface area contributed by atoms with Crippen LogP contribution in [0.1, 0.15) is 19.4 Å². The molecule has 0 saturated heterocycles. The monoisotopic (exact) mass is 273 g/mol. The van der Waals surface area contributed by atoms with Gasteiger partial charge in [-0.25, -0.2) is 9.48 Å². The molecule has 1 N–H and O–H groups in total. The summed E-state index contributed by atoms with van der Waals surface area (Å²) in [4.78, 5) is 11.1. The Morgan fingerprint density at radius 1 is 1.47 bits per heavy atom. The fourth-order valence-electron chi connectivity index (χ4n) is 1.62. The lowest BCUT2D eigenvalue weighted by Gasteiger charge is -2.10. The van der Waals surface area contributed by atoms with Gasteiger partial charge in [-0.1, -0.05) is 35.3 Å². The molecule has 5 nitrogen and oxygen atoms in total. The van der Waals surface area contributed by atoms with Crippen LogP contribution in [-0.2, 0) is 4.79 Å². The Bertz CT molecular complexity index is 582. The number of nitrogens with zero attached hydrogens (tertiary/aromatic N) is 3. The van der Waals surface area contributed by atoms with Gasteiger partial charge in [-0.2, -0.15) is 0 Å². The van der Waals surface area contributed by atoms with Gasteiger partial charge in [0.05, 0.1) is 15.6 Å². The smallest absolute Gasteiger partial charge is 0.328 e. The van der Waals surface area contributed by atoms with E-state index in [-0.39, 0.29) is 0 Å². The highest BCUT2D eigenvalue weighted by Gasteiger charge is 2.21. The lowest BCUT2D eigenvalue weighted by molar-refractivity contribution is -0.141. The molecular formula is C10H9Cl2N3O2. The Labute approximate surface area is 107 Å². The van der Waals surface area contributed by atoms with Crippen molar-refractivity contribution in [3.63, 3.8) is 0 Å². The number of halogens is 2. The van der Waals surface area contributed by atoms with Crippen LogP contribution < -0.4 is 0 Å². The van der Waals surface area contributed by atoms with Crippen molar-refractivity contribution in [1.82, 2.24) is 15.0 Å². The lowest BCUT2D eigenvalue weighted by atomic mass is 10.2. The van der Waals surface area contributed by atoms with Crippen LogP contribution >= 0.6 is 23.2 Å². The Morgan fingerprint density at radius 3 is 2.71 bits per heavy atom. The number of benzene rings is 1. The van der Waals surface area contributed by atoms with Gasteiger partial charge < -0.3 is 5.11 Å². The van der Waals surface area contributed by atoms with Crippen molar-refractivity contribution in [1.29, 1.82) is 0 Å². The highest BCUT2D eigenvalue weighted by molar-refractivity contribution is 6.42. The van der Waals surface area contributed by atoms with E-state index in [1.807, 2.05) is 0 Å². The van der Waals surface area contributed by atoms with E-state index < -0.39 is 12.0 Å². The average Bonchev–Trinajstić information content (AvgIpc) is 2.63. The van der Waals surface area contributed by atoms with Crippen LogP contribution in [0.2, 0.25) is 10.0 Å². The van der Waals surface area contributed by atoms with Crippen molar-refractivity contribution < 1.29 is 9.90 Å². The summed E-state index contributed by atoms with van der Waals surface area (Å²) in [6, 6.07) is 2.39. The Hall–Kier alpha value is -1.33. The minimum atomic E-state index is -0.953. The number of hydrogen-bond donors (Lipinski definition) is 1. The van der Waals surface area contributed by atoms with Crippen LogP contribution in [0.15, 0.2) is 12.1 Å². The number of rotatable bonds is 3. The predicted molar refractivity (Wildman–Crippen MR) is 64.5 cm³/mol. The molecule has 1 heterocycles. The van der Waals surface area contributed by atoms with Crippen LogP contribution in [0.25, 0.3) is 11.0 Å². The minimum Gasteiger partial charge on any atom is -0.480 e. The molecule has 1 aromatic carbocycles. The van der Waals surface area contributed by atoms with Gasteiger partial charge in [0, 0.05) is 0 Å². The third-order valence-corrected chi connectivity index (χ3v) is 3.20. The number of carbonyl (C=O) groups is 1. The number of aliphatic carboxylic acids is 1. The zero-order chi connectivity index (χ0) is 12.6. The fraction of sp³-hybridized carbons (Fsp3) is 0.300. The van der Waals surface area contributed by atoms with E-state index in [0.717, 1.165) is 0 Å². The van der Waals surface area contributed by atoms with E-state index >= 15 is 0 Å². The van der Waals surface area contributed by atoms with E-state index in [1.165, 1.54) is 4.68 Å². The number of carboxylic acids is 1. The maximum Gasteiger partial charge on any atom is 0.328 e. The number of aromatic nitrogens is 3. The number of hydrogen-bond acceptors (Lipinski definition) is 3. The molecule has 0 aliphatic heterocycles. The Morgan fingerprint density at radius 2 is 2.12 bits per heavy atom. The van der Waals surface area contributed by atoms with Crippen LogP contribution in [0.3, 0.4) is 0 Å². The summed E-state index contributed by atoms with van der Waals surface area (Å²) < 4.78 is 1.35. The van der Waals surface area contributed by atoms with Crippen molar-refractivity contribution in [2.24, 2.45) is 0 Å². The summed E-state index contributed by atoms with van der Waals surface area (Å²) in [5, 5.41) is 17.5. The second-order valence-corrected chi connectivity index (χ2v) is 4.37. The fourth-order valence-corrected chi connectivity index (χ4v) is 1.93. The van der Waals surface area contributed by atoms with Gasteiger partial charge in [0.15, 0.2) is 6.04 Å². The molecule has 0 bridgehead atoms. The number of carboxylic acid groups (broad SMARTS) is 1. The molecule has 0 saturated carbocycles. The Kier molecular flexibility index (Phi) is 3.22. The second kappa shape index (κ2) is 4.50. The van der Waals surface area contributed by atoms with Crippen LogP contribution in [0.4, 0.5) is 0 Å². The average molecular weight is 274 g/mol. The topological polar surface area (TPSA) is 68.0 Å². The van der Waals surface area contributed by atoms with E-state index in [2.05, 4.69) is 10.3 Å². The molecule has 7 heteroatoms. The molecule has 0 aliphatic carbocycles. The van der Waals surface area contributed by atoms with Gasteiger partial charge >= 0.3 is 5.97 Å². The summed E-state index contributed by atoms with van der Waals surface area (Å²) in [6.07, 6.45) is 0.411. The molecule has 0 fully saturated rings. The molecule has 0 spiro atoms. The highest BCUT2D eigenvalue weighted by atomic mass is 35.5. The number of fused-ring (bicyclic) bond motifs is 1. The van der Waals surface area contributed by atoms with Gasteiger partial charge in [0.25, 0.3) is 0 Å². The zero-order valence-corrected chi connectivity index (χ0v) is 10.4. The van der Waals surface area contributed by atoms with Crippen LogP contribution in [0, 0.1) is 0 Å². The van der Waals surface area contributed by atoms with E-state index in [4.69, 9.17) is 28.3 Å². The van der Waals surface area contributed by atoms with Crippen LogP contribution in [-0.4, -0.2) is 26.1 Å². The predicted octanol–water partition coefficient (Wildman–Crippen LogP) is 2.77. The van der Waals surface area contributed by atoms with Gasteiger partial charge in [0.1, 0.15) is 5.52 Å². The molecule has 0 amide bonds. The Balaban J connectivity index is 2.63. The minimum absolute atomic E-state index is 0.350.